The minimum Gasteiger partial charge on any atom is -0.461 e. The van der Waals surface area contributed by atoms with E-state index in [0.717, 1.165) is 31.2 Å². The van der Waals surface area contributed by atoms with Crippen LogP contribution in [0.4, 0.5) is 0 Å². The van der Waals surface area contributed by atoms with Crippen LogP contribution in [0.25, 0.3) is 0 Å². The number of ether oxygens (including phenoxy) is 1. The van der Waals surface area contributed by atoms with E-state index in [1.54, 1.807) is 0 Å². The fourth-order valence-electron chi connectivity index (χ4n) is 1.87. The number of benzene rings is 1. The van der Waals surface area contributed by atoms with Gasteiger partial charge in [-0.15, -0.1) is 0 Å². The van der Waals surface area contributed by atoms with Gasteiger partial charge in [0.1, 0.15) is 6.61 Å². The van der Waals surface area contributed by atoms with Crippen molar-refractivity contribution in [3.63, 3.8) is 0 Å². The highest BCUT2D eigenvalue weighted by Crippen LogP contribution is 2.15. The van der Waals surface area contributed by atoms with Gasteiger partial charge in [-0.05, 0) is 31.4 Å². The summed E-state index contributed by atoms with van der Waals surface area (Å²) in [4.78, 5) is 11.9. The highest BCUT2D eigenvalue weighted by molar-refractivity contribution is 5.72. The number of carbonyl (C=O) groups is 1. The van der Waals surface area contributed by atoms with E-state index >= 15 is 0 Å². The van der Waals surface area contributed by atoms with Gasteiger partial charge in [0.25, 0.3) is 0 Å². The average molecular weight is 249 g/mol. The Morgan fingerprint density at radius 1 is 1.28 bits per heavy atom. The molecule has 0 amide bonds. The lowest BCUT2D eigenvalue weighted by Gasteiger charge is -2.13. The molecule has 3 nitrogen and oxygen atoms in total. The molecular formula is C15H23NO2. The van der Waals surface area contributed by atoms with E-state index < -0.39 is 0 Å². The first-order valence-electron chi connectivity index (χ1n) is 6.68. The number of carbonyl (C=O) groups excluding carboxylic acids is 1. The van der Waals surface area contributed by atoms with Crippen LogP contribution < -0.4 is 5.73 Å². The molecule has 1 aromatic carbocycles. The third-order valence-corrected chi connectivity index (χ3v) is 3.06. The van der Waals surface area contributed by atoms with Gasteiger partial charge in [-0.2, -0.15) is 0 Å². The van der Waals surface area contributed by atoms with Crippen molar-refractivity contribution in [1.29, 1.82) is 0 Å². The van der Waals surface area contributed by atoms with E-state index in [-0.39, 0.29) is 11.9 Å². The Morgan fingerprint density at radius 3 is 2.61 bits per heavy atom. The van der Waals surface area contributed by atoms with Gasteiger partial charge >= 0.3 is 5.97 Å². The molecule has 1 atom stereocenters. The molecule has 0 saturated carbocycles. The quantitative estimate of drug-likeness (QED) is 0.569. The number of esters is 1. The topological polar surface area (TPSA) is 52.3 Å². The van der Waals surface area contributed by atoms with Gasteiger partial charge in [0.2, 0.25) is 0 Å². The molecule has 1 rings (SSSR count). The van der Waals surface area contributed by atoms with E-state index in [1.807, 2.05) is 37.3 Å². The number of rotatable bonds is 8. The van der Waals surface area contributed by atoms with Crippen LogP contribution in [0.3, 0.4) is 0 Å². The fraction of sp³-hybridized carbons (Fsp3) is 0.533. The minimum atomic E-state index is -0.0848. The number of hydrogen-bond acceptors (Lipinski definition) is 3. The van der Waals surface area contributed by atoms with Crippen LogP contribution >= 0.6 is 0 Å². The zero-order valence-electron chi connectivity index (χ0n) is 11.1. The predicted octanol–water partition coefficient (Wildman–Crippen LogP) is 2.89. The largest absolute Gasteiger partial charge is 0.461 e. The number of unbranched alkanes of at least 4 members (excludes halogenated alkanes) is 1. The van der Waals surface area contributed by atoms with Crippen molar-refractivity contribution >= 4 is 5.97 Å². The first kappa shape index (κ1) is 14.7. The molecule has 0 saturated heterocycles. The van der Waals surface area contributed by atoms with Crippen LogP contribution in [0, 0.1) is 5.92 Å². The van der Waals surface area contributed by atoms with Gasteiger partial charge < -0.3 is 10.5 Å². The SMILES string of the molecule is CC[C@H](CCCCN)C(=O)OCc1ccccc1. The summed E-state index contributed by atoms with van der Waals surface area (Å²) in [6, 6.07) is 9.77. The van der Waals surface area contributed by atoms with Gasteiger partial charge in [-0.1, -0.05) is 43.7 Å². The molecule has 18 heavy (non-hydrogen) atoms. The Labute approximate surface area is 109 Å². The van der Waals surface area contributed by atoms with E-state index in [4.69, 9.17) is 10.5 Å². The van der Waals surface area contributed by atoms with E-state index in [2.05, 4.69) is 0 Å². The van der Waals surface area contributed by atoms with E-state index in [0.29, 0.717) is 13.2 Å². The molecule has 0 bridgehead atoms. The molecule has 2 N–H and O–H groups in total. The van der Waals surface area contributed by atoms with Crippen LogP contribution in [0.1, 0.15) is 38.2 Å². The third kappa shape index (κ3) is 5.32. The summed E-state index contributed by atoms with van der Waals surface area (Å²) in [5.74, 6) is -0.0707. The third-order valence-electron chi connectivity index (χ3n) is 3.06. The van der Waals surface area contributed by atoms with Crippen molar-refractivity contribution in [2.75, 3.05) is 6.54 Å². The van der Waals surface area contributed by atoms with Crippen LogP contribution in [0.2, 0.25) is 0 Å². The van der Waals surface area contributed by atoms with Crippen LogP contribution in [-0.4, -0.2) is 12.5 Å². The molecule has 0 aliphatic carbocycles. The van der Waals surface area contributed by atoms with Crippen LogP contribution in [0.15, 0.2) is 30.3 Å². The lowest BCUT2D eigenvalue weighted by atomic mass is 9.99. The van der Waals surface area contributed by atoms with Gasteiger partial charge in [-0.25, -0.2) is 0 Å². The van der Waals surface area contributed by atoms with Crippen molar-refractivity contribution in [1.82, 2.24) is 0 Å². The molecule has 0 radical (unpaired) electrons. The second kappa shape index (κ2) is 8.70. The first-order chi connectivity index (χ1) is 8.77. The minimum absolute atomic E-state index is 0.0141. The maximum atomic E-state index is 11.9. The predicted molar refractivity (Wildman–Crippen MR) is 72.9 cm³/mol. The normalized spacial score (nSPS) is 12.1. The lowest BCUT2D eigenvalue weighted by Crippen LogP contribution is -2.17. The van der Waals surface area contributed by atoms with Crippen LogP contribution in [-0.2, 0) is 16.1 Å². The monoisotopic (exact) mass is 249 g/mol. The standard InChI is InChI=1S/C15H23NO2/c1-2-14(10-6-7-11-16)15(17)18-12-13-8-4-3-5-9-13/h3-5,8-9,14H,2,6-7,10-12,16H2,1H3/t14-/m1/s1. The molecule has 0 aromatic heterocycles. The Hall–Kier alpha value is -1.35. The van der Waals surface area contributed by atoms with E-state index in [9.17, 15) is 4.79 Å². The lowest BCUT2D eigenvalue weighted by molar-refractivity contribution is -0.150. The summed E-state index contributed by atoms with van der Waals surface area (Å²) in [6.07, 6.45) is 3.68. The van der Waals surface area contributed by atoms with Crippen molar-refractivity contribution < 1.29 is 9.53 Å². The Bertz CT molecular complexity index is 338. The maximum Gasteiger partial charge on any atom is 0.309 e. The van der Waals surface area contributed by atoms with Crippen LogP contribution in [0.5, 0.6) is 0 Å². The zero-order chi connectivity index (χ0) is 13.2. The molecule has 3 heteroatoms. The second-order valence-corrected chi connectivity index (χ2v) is 4.48. The summed E-state index contributed by atoms with van der Waals surface area (Å²) in [5.41, 5.74) is 6.48. The second-order valence-electron chi connectivity index (χ2n) is 4.48. The molecule has 100 valence electrons. The molecule has 0 unspecified atom stereocenters. The highest BCUT2D eigenvalue weighted by atomic mass is 16.5. The molecule has 0 aliphatic heterocycles. The van der Waals surface area contributed by atoms with Crippen molar-refractivity contribution in [2.24, 2.45) is 11.7 Å². The molecular weight excluding hydrogens is 226 g/mol. The summed E-state index contributed by atoms with van der Waals surface area (Å²) in [5, 5.41) is 0. The number of nitrogens with two attached hydrogens (primary N) is 1. The molecule has 1 aromatic rings. The van der Waals surface area contributed by atoms with Gasteiger partial charge in [0.15, 0.2) is 0 Å². The van der Waals surface area contributed by atoms with E-state index in [1.165, 1.54) is 0 Å². The summed E-state index contributed by atoms with van der Waals surface area (Å²) in [7, 11) is 0. The smallest absolute Gasteiger partial charge is 0.309 e. The average Bonchev–Trinajstić information content (AvgIpc) is 2.42. The highest BCUT2D eigenvalue weighted by Gasteiger charge is 2.17. The summed E-state index contributed by atoms with van der Waals surface area (Å²) >= 11 is 0. The summed E-state index contributed by atoms with van der Waals surface area (Å²) < 4.78 is 5.34. The Kier molecular flexibility index (Phi) is 7.11. The Balaban J connectivity index is 2.33. The molecule has 0 aliphatic rings. The van der Waals surface area contributed by atoms with Crippen molar-refractivity contribution in [3.05, 3.63) is 35.9 Å². The van der Waals surface area contributed by atoms with Gasteiger partial charge in [0.05, 0.1) is 5.92 Å². The molecule has 0 fully saturated rings. The van der Waals surface area contributed by atoms with Gasteiger partial charge in [-0.3, -0.25) is 4.79 Å². The fourth-order valence-corrected chi connectivity index (χ4v) is 1.87. The first-order valence-corrected chi connectivity index (χ1v) is 6.68. The maximum absolute atomic E-state index is 11.9. The zero-order valence-corrected chi connectivity index (χ0v) is 11.1. The van der Waals surface area contributed by atoms with Crippen molar-refractivity contribution in [2.45, 2.75) is 39.2 Å². The summed E-state index contributed by atoms with van der Waals surface area (Å²) in [6.45, 7) is 3.08. The molecule has 0 heterocycles. The Morgan fingerprint density at radius 2 is 2.00 bits per heavy atom. The van der Waals surface area contributed by atoms with Crippen molar-refractivity contribution in [3.8, 4) is 0 Å². The number of hydrogen-bond donors (Lipinski definition) is 1. The molecule has 0 spiro atoms. The van der Waals surface area contributed by atoms with Gasteiger partial charge in [0, 0.05) is 0 Å².